The van der Waals surface area contributed by atoms with Gasteiger partial charge in [-0.2, -0.15) is 0 Å². The third-order valence-corrected chi connectivity index (χ3v) is 11.4. The van der Waals surface area contributed by atoms with Gasteiger partial charge in [0.25, 0.3) is 0 Å². The van der Waals surface area contributed by atoms with E-state index in [-0.39, 0.29) is 0 Å². The summed E-state index contributed by atoms with van der Waals surface area (Å²) in [5.41, 5.74) is 2.49. The number of hydrogen-bond donors (Lipinski definition) is 4. The molecule has 0 aliphatic rings. The summed E-state index contributed by atoms with van der Waals surface area (Å²) in [5.74, 6) is -4.24. The molecule has 0 aliphatic heterocycles. The van der Waals surface area contributed by atoms with E-state index in [2.05, 4.69) is 15.0 Å². The van der Waals surface area contributed by atoms with Crippen molar-refractivity contribution in [1.82, 2.24) is 15.0 Å². The Morgan fingerprint density at radius 1 is 0.900 bits per heavy atom. The SMILES string of the molecule is CC(O)P(Cl)(c1ccc[nH]1)(c1ccc[nH]1)c1ccc[nH]1. The zero-order valence-electron chi connectivity index (χ0n) is 11.0. The first-order valence-corrected chi connectivity index (χ1v) is 9.63. The summed E-state index contributed by atoms with van der Waals surface area (Å²) in [7, 11) is 0. The van der Waals surface area contributed by atoms with Crippen LogP contribution >= 0.6 is 17.2 Å². The second kappa shape index (κ2) is 4.52. The molecule has 0 spiro atoms. The van der Waals surface area contributed by atoms with Gasteiger partial charge in [0.2, 0.25) is 0 Å². The van der Waals surface area contributed by atoms with Crippen molar-refractivity contribution in [3.05, 3.63) is 55.0 Å². The van der Waals surface area contributed by atoms with Crippen LogP contribution in [0.15, 0.2) is 55.0 Å². The third kappa shape index (κ3) is 1.50. The van der Waals surface area contributed by atoms with Crippen LogP contribution in [-0.4, -0.2) is 25.9 Å². The Morgan fingerprint density at radius 3 is 1.45 bits per heavy atom. The molecule has 0 amide bonds. The van der Waals surface area contributed by atoms with Crippen LogP contribution in [0.1, 0.15) is 6.92 Å². The van der Waals surface area contributed by atoms with Gasteiger partial charge in [0.05, 0.1) is 0 Å². The maximum absolute atomic E-state index is 10.7. The molecule has 0 saturated carbocycles. The van der Waals surface area contributed by atoms with Crippen molar-refractivity contribution in [3.8, 4) is 0 Å². The fourth-order valence-electron chi connectivity index (χ4n) is 2.77. The number of nitrogens with one attached hydrogen (secondary N) is 3. The van der Waals surface area contributed by atoms with Crippen LogP contribution in [0.4, 0.5) is 0 Å². The van der Waals surface area contributed by atoms with Crippen LogP contribution in [0.3, 0.4) is 0 Å². The first-order valence-electron chi connectivity index (χ1n) is 6.42. The molecule has 0 fully saturated rings. The summed E-state index contributed by atoms with van der Waals surface area (Å²) < 4.78 is 0. The van der Waals surface area contributed by atoms with E-state index in [4.69, 9.17) is 11.2 Å². The van der Waals surface area contributed by atoms with Gasteiger partial charge in [-0.25, -0.2) is 0 Å². The number of aromatic nitrogens is 3. The van der Waals surface area contributed by atoms with Gasteiger partial charge < -0.3 is 0 Å². The summed E-state index contributed by atoms with van der Waals surface area (Å²) in [6, 6.07) is 11.5. The summed E-state index contributed by atoms with van der Waals surface area (Å²) >= 11 is 7.32. The monoisotopic (exact) mass is 309 g/mol. The molecule has 6 heteroatoms. The Labute approximate surface area is 121 Å². The molecule has 106 valence electrons. The molecule has 0 aromatic carbocycles. The Balaban J connectivity index is 2.44. The topological polar surface area (TPSA) is 67.6 Å². The molecule has 0 saturated heterocycles. The summed E-state index contributed by atoms with van der Waals surface area (Å²) in [6.07, 6.45) is 5.48. The molecule has 3 heterocycles. The number of rotatable bonds is 4. The first kappa shape index (κ1) is 13.5. The number of H-pyrrole nitrogens is 3. The van der Waals surface area contributed by atoms with Crippen LogP contribution in [0.5, 0.6) is 0 Å². The van der Waals surface area contributed by atoms with Gasteiger partial charge in [-0.3, -0.25) is 0 Å². The van der Waals surface area contributed by atoms with Crippen molar-refractivity contribution in [2.24, 2.45) is 0 Å². The molecule has 0 radical (unpaired) electrons. The number of aliphatic hydroxyl groups excluding tert-OH is 1. The van der Waals surface area contributed by atoms with E-state index in [1.165, 1.54) is 0 Å². The maximum atomic E-state index is 10.7. The number of hydrogen-bond acceptors (Lipinski definition) is 1. The van der Waals surface area contributed by atoms with E-state index >= 15 is 0 Å². The second-order valence-corrected chi connectivity index (χ2v) is 11.3. The molecule has 3 rings (SSSR count). The van der Waals surface area contributed by atoms with Crippen molar-refractivity contribution in [2.75, 3.05) is 0 Å². The van der Waals surface area contributed by atoms with Crippen LogP contribution in [0.25, 0.3) is 0 Å². The quantitative estimate of drug-likeness (QED) is 0.547. The molecular formula is C14H17ClN3OP. The van der Waals surface area contributed by atoms with Gasteiger partial charge in [0.1, 0.15) is 0 Å². The minimum atomic E-state index is -3.49. The number of aromatic amines is 3. The average Bonchev–Trinajstić information content (AvgIpc) is 3.19. The fraction of sp³-hybridized carbons (Fsp3) is 0.143. The van der Waals surface area contributed by atoms with Gasteiger partial charge >= 0.3 is 121 Å². The third-order valence-electron chi connectivity index (χ3n) is 3.86. The molecule has 0 bridgehead atoms. The Hall–Kier alpha value is -1.48. The van der Waals surface area contributed by atoms with Crippen molar-refractivity contribution in [1.29, 1.82) is 0 Å². The summed E-state index contributed by atoms with van der Waals surface area (Å²) in [5, 5.41) is 10.7. The van der Waals surface area contributed by atoms with E-state index in [1.807, 2.05) is 55.0 Å². The molecule has 20 heavy (non-hydrogen) atoms. The second-order valence-electron chi connectivity index (χ2n) is 4.87. The van der Waals surface area contributed by atoms with E-state index in [9.17, 15) is 5.11 Å². The van der Waals surface area contributed by atoms with E-state index in [0.717, 1.165) is 16.3 Å². The zero-order valence-corrected chi connectivity index (χ0v) is 12.7. The van der Waals surface area contributed by atoms with Crippen LogP contribution in [-0.2, 0) is 0 Å². The molecular weight excluding hydrogens is 293 g/mol. The van der Waals surface area contributed by atoms with Crippen LogP contribution in [0, 0.1) is 0 Å². The minimum absolute atomic E-state index is 0.751. The van der Waals surface area contributed by atoms with Crippen molar-refractivity contribution >= 4 is 33.5 Å². The van der Waals surface area contributed by atoms with Gasteiger partial charge in [-0.1, -0.05) is 0 Å². The Kier molecular flexibility index (Phi) is 3.05. The molecule has 4 N–H and O–H groups in total. The summed E-state index contributed by atoms with van der Waals surface area (Å²) in [4.78, 5) is 9.61. The molecule has 3 aromatic rings. The van der Waals surface area contributed by atoms with Gasteiger partial charge in [0.15, 0.2) is 0 Å². The van der Waals surface area contributed by atoms with Gasteiger partial charge in [-0.05, 0) is 0 Å². The predicted octanol–water partition coefficient (Wildman–Crippen LogP) is 1.99. The molecule has 3 aromatic heterocycles. The normalized spacial score (nSPS) is 15.7. The van der Waals surface area contributed by atoms with Gasteiger partial charge in [0, 0.05) is 0 Å². The molecule has 0 aliphatic carbocycles. The molecule has 4 nitrogen and oxygen atoms in total. The Morgan fingerprint density at radius 2 is 1.25 bits per heavy atom. The van der Waals surface area contributed by atoms with E-state index < -0.39 is 11.8 Å². The van der Waals surface area contributed by atoms with E-state index in [0.29, 0.717) is 0 Å². The van der Waals surface area contributed by atoms with Crippen LogP contribution in [0.2, 0.25) is 0 Å². The van der Waals surface area contributed by atoms with Crippen molar-refractivity contribution in [3.63, 3.8) is 0 Å². The van der Waals surface area contributed by atoms with E-state index in [1.54, 1.807) is 6.92 Å². The zero-order chi connectivity index (χ0) is 14.2. The average molecular weight is 310 g/mol. The summed E-state index contributed by atoms with van der Waals surface area (Å²) in [6.45, 7) is 1.74. The number of halogens is 1. The van der Waals surface area contributed by atoms with Crippen molar-refractivity contribution < 1.29 is 5.11 Å². The first-order chi connectivity index (χ1) is 9.58. The Bertz CT molecular complexity index is 587. The fourth-order valence-corrected chi connectivity index (χ4v) is 7.82. The van der Waals surface area contributed by atoms with Gasteiger partial charge in [-0.15, -0.1) is 0 Å². The molecule has 1 unspecified atom stereocenters. The standard InChI is InChI=1S/C14H17ClN3OP/c1-11(19)20(15,12-5-2-8-16-12,13-6-3-9-17-13)14-7-4-10-18-14/h2-11,16-19H,1H3. The molecule has 1 atom stereocenters. The number of aliphatic hydroxyl groups is 1. The predicted molar refractivity (Wildman–Crippen MR) is 85.7 cm³/mol. The van der Waals surface area contributed by atoms with Crippen LogP contribution < -0.4 is 16.3 Å². The van der Waals surface area contributed by atoms with Crippen molar-refractivity contribution in [2.45, 2.75) is 12.8 Å².